The Bertz CT molecular complexity index is 873. The number of carboxylic acid groups (broad SMARTS) is 1. The van der Waals surface area contributed by atoms with Gasteiger partial charge in [0.25, 0.3) is 0 Å². The molecule has 0 radical (unpaired) electrons. The molecule has 1 fully saturated rings. The molecule has 31 heavy (non-hydrogen) atoms. The van der Waals surface area contributed by atoms with Gasteiger partial charge < -0.3 is 10.2 Å². The van der Waals surface area contributed by atoms with Crippen LogP contribution in [0, 0.1) is 29.1 Å². The third-order valence-corrected chi connectivity index (χ3v) is 7.46. The highest BCUT2D eigenvalue weighted by atomic mass is 32.1. The number of aliphatic hydroxyl groups is 1. The van der Waals surface area contributed by atoms with Crippen molar-refractivity contribution < 1.29 is 15.0 Å². The zero-order chi connectivity index (χ0) is 22.6. The predicted molar refractivity (Wildman–Crippen MR) is 128 cm³/mol. The fraction of sp³-hybridized carbons (Fsp3) is 0.654. The van der Waals surface area contributed by atoms with Crippen molar-refractivity contribution in [2.45, 2.75) is 66.2 Å². The molecule has 3 rings (SSSR count). The molecule has 0 aromatic carbocycles. The number of nitrogens with zero attached hydrogens (tertiary/aromatic N) is 1. The molecule has 1 aromatic heterocycles. The topological polar surface area (TPSA) is 60.8 Å². The van der Waals surface area contributed by atoms with E-state index < -0.39 is 5.97 Å². The number of aliphatic hydroxyl groups excluding tert-OH is 1. The van der Waals surface area contributed by atoms with Gasteiger partial charge in [-0.3, -0.25) is 4.90 Å². The van der Waals surface area contributed by atoms with E-state index >= 15 is 0 Å². The molecule has 0 amide bonds. The zero-order valence-electron chi connectivity index (χ0n) is 19.5. The quantitative estimate of drug-likeness (QED) is 0.569. The summed E-state index contributed by atoms with van der Waals surface area (Å²) in [6.07, 6.45) is 6.68. The van der Waals surface area contributed by atoms with Gasteiger partial charge in [-0.25, -0.2) is 4.79 Å². The molecule has 0 atom stereocenters. The second-order valence-electron chi connectivity index (χ2n) is 10.2. The maximum Gasteiger partial charge on any atom is 0.346 e. The van der Waals surface area contributed by atoms with E-state index in [1.54, 1.807) is 0 Å². The lowest BCUT2D eigenvalue weighted by molar-refractivity contribution is 0.0701. The summed E-state index contributed by atoms with van der Waals surface area (Å²) in [5.74, 6) is 6.97. The Kier molecular flexibility index (Phi) is 8.02. The van der Waals surface area contributed by atoms with Gasteiger partial charge in [-0.15, -0.1) is 11.3 Å². The minimum atomic E-state index is -0.861. The second kappa shape index (κ2) is 10.3. The molecule has 1 aliphatic heterocycles. The molecule has 4 nitrogen and oxygen atoms in total. The number of hydrogen-bond donors (Lipinski definition) is 2. The van der Waals surface area contributed by atoms with E-state index in [0.717, 1.165) is 48.8 Å². The molecule has 1 aliphatic carbocycles. The molecular weight excluding hydrogens is 406 g/mol. The number of thiophene rings is 1. The standard InChI is InChI=1S/C26H37NO3S/c1-18-6-8-19(9-7-18)21-11-14-27(13-5-15-28)17-23(21)22-16-20(10-12-26(2,3)4)31-24(22)25(29)30/h16,18-19,28H,5-9,11,13-15,17H2,1-4H3,(H,29,30). The van der Waals surface area contributed by atoms with E-state index in [4.69, 9.17) is 0 Å². The summed E-state index contributed by atoms with van der Waals surface area (Å²) in [6.45, 7) is 11.3. The van der Waals surface area contributed by atoms with E-state index in [9.17, 15) is 15.0 Å². The largest absolute Gasteiger partial charge is 0.477 e. The van der Waals surface area contributed by atoms with Crippen LogP contribution in [-0.2, 0) is 0 Å². The van der Waals surface area contributed by atoms with Crippen LogP contribution in [0.4, 0.5) is 0 Å². The molecule has 1 aromatic rings. The van der Waals surface area contributed by atoms with Gasteiger partial charge in [0, 0.05) is 37.2 Å². The Morgan fingerprint density at radius 2 is 1.97 bits per heavy atom. The maximum absolute atomic E-state index is 12.2. The van der Waals surface area contributed by atoms with Crippen molar-refractivity contribution in [3.8, 4) is 11.8 Å². The Morgan fingerprint density at radius 3 is 2.58 bits per heavy atom. The molecule has 5 heteroatoms. The maximum atomic E-state index is 12.2. The van der Waals surface area contributed by atoms with Crippen molar-refractivity contribution in [2.24, 2.45) is 17.3 Å². The molecule has 0 spiro atoms. The molecule has 170 valence electrons. The monoisotopic (exact) mass is 443 g/mol. The summed E-state index contributed by atoms with van der Waals surface area (Å²) in [7, 11) is 0. The first-order valence-electron chi connectivity index (χ1n) is 11.6. The average molecular weight is 444 g/mol. The second-order valence-corrected chi connectivity index (χ2v) is 11.3. The van der Waals surface area contributed by atoms with Crippen LogP contribution in [0.5, 0.6) is 0 Å². The number of rotatable bonds is 6. The van der Waals surface area contributed by atoms with Crippen molar-refractivity contribution >= 4 is 22.9 Å². The molecule has 1 saturated carbocycles. The fourth-order valence-electron chi connectivity index (χ4n) is 4.72. The summed E-state index contributed by atoms with van der Waals surface area (Å²) in [6, 6.07) is 2.02. The lowest BCUT2D eigenvalue weighted by Crippen LogP contribution is -2.34. The van der Waals surface area contributed by atoms with Crippen molar-refractivity contribution in [1.29, 1.82) is 0 Å². The average Bonchev–Trinajstić information content (AvgIpc) is 3.15. The van der Waals surface area contributed by atoms with Gasteiger partial charge in [-0.05, 0) is 69.9 Å². The third kappa shape index (κ3) is 6.44. The molecular formula is C26H37NO3S. The summed E-state index contributed by atoms with van der Waals surface area (Å²) < 4.78 is 0. The highest BCUT2D eigenvalue weighted by molar-refractivity contribution is 7.14. The van der Waals surface area contributed by atoms with Crippen LogP contribution >= 0.6 is 11.3 Å². The third-order valence-electron chi connectivity index (χ3n) is 6.42. The molecule has 2 heterocycles. The molecule has 0 bridgehead atoms. The van der Waals surface area contributed by atoms with Gasteiger partial charge in [0.1, 0.15) is 4.88 Å². The van der Waals surface area contributed by atoms with Crippen LogP contribution in [0.1, 0.15) is 86.3 Å². The normalized spacial score (nSPS) is 22.9. The summed E-state index contributed by atoms with van der Waals surface area (Å²) in [5.41, 5.74) is 3.44. The fourth-order valence-corrected chi connectivity index (χ4v) is 5.60. The zero-order valence-corrected chi connectivity index (χ0v) is 20.3. The minimum Gasteiger partial charge on any atom is -0.477 e. The first-order chi connectivity index (χ1) is 14.7. The number of aromatic carboxylic acids is 1. The first kappa shape index (κ1) is 24.0. The summed E-state index contributed by atoms with van der Waals surface area (Å²) >= 11 is 1.30. The highest BCUT2D eigenvalue weighted by Gasteiger charge is 2.30. The van der Waals surface area contributed by atoms with E-state index in [1.165, 1.54) is 48.2 Å². The van der Waals surface area contributed by atoms with Gasteiger partial charge >= 0.3 is 5.97 Å². The van der Waals surface area contributed by atoms with Gasteiger partial charge in [0.15, 0.2) is 0 Å². The van der Waals surface area contributed by atoms with Crippen molar-refractivity contribution in [2.75, 3.05) is 26.2 Å². The Hall–Kier alpha value is -1.61. The van der Waals surface area contributed by atoms with E-state index in [-0.39, 0.29) is 12.0 Å². The Balaban J connectivity index is 2.02. The molecule has 2 N–H and O–H groups in total. The smallest absolute Gasteiger partial charge is 0.346 e. The van der Waals surface area contributed by atoms with Gasteiger partial charge in [-0.2, -0.15) is 0 Å². The van der Waals surface area contributed by atoms with Crippen LogP contribution in [-0.4, -0.2) is 47.3 Å². The van der Waals surface area contributed by atoms with Crippen LogP contribution in [0.25, 0.3) is 5.57 Å². The van der Waals surface area contributed by atoms with Crippen molar-refractivity contribution in [3.05, 3.63) is 27.0 Å². The summed E-state index contributed by atoms with van der Waals surface area (Å²) in [4.78, 5) is 15.8. The SMILES string of the molecule is CC1CCC(C2=C(c3cc(C#CC(C)(C)C)sc3C(=O)O)CN(CCCO)CC2)CC1. The van der Waals surface area contributed by atoms with Crippen LogP contribution in [0.2, 0.25) is 0 Å². The highest BCUT2D eigenvalue weighted by Crippen LogP contribution is 2.42. The minimum absolute atomic E-state index is 0.122. The Morgan fingerprint density at radius 1 is 1.26 bits per heavy atom. The number of carboxylic acids is 1. The van der Waals surface area contributed by atoms with E-state index in [1.807, 2.05) is 6.07 Å². The molecule has 0 unspecified atom stereocenters. The molecule has 2 aliphatic rings. The van der Waals surface area contributed by atoms with Gasteiger partial charge in [0.05, 0.1) is 4.88 Å². The van der Waals surface area contributed by atoms with Gasteiger partial charge in [-0.1, -0.05) is 37.2 Å². The van der Waals surface area contributed by atoms with Crippen LogP contribution in [0.3, 0.4) is 0 Å². The number of hydrogen-bond acceptors (Lipinski definition) is 4. The lowest BCUT2D eigenvalue weighted by atomic mass is 9.75. The summed E-state index contributed by atoms with van der Waals surface area (Å²) in [5, 5.41) is 19.2. The van der Waals surface area contributed by atoms with Gasteiger partial charge in [0.2, 0.25) is 0 Å². The first-order valence-corrected chi connectivity index (χ1v) is 12.5. The molecule has 0 saturated heterocycles. The van der Waals surface area contributed by atoms with Crippen LogP contribution < -0.4 is 0 Å². The van der Waals surface area contributed by atoms with E-state index in [0.29, 0.717) is 10.8 Å². The lowest BCUT2D eigenvalue weighted by Gasteiger charge is -2.36. The van der Waals surface area contributed by atoms with Crippen molar-refractivity contribution in [3.63, 3.8) is 0 Å². The van der Waals surface area contributed by atoms with E-state index in [2.05, 4.69) is 44.4 Å². The Labute approximate surface area is 191 Å². The van der Waals surface area contributed by atoms with Crippen LogP contribution in [0.15, 0.2) is 11.6 Å². The number of carbonyl (C=O) groups is 1. The predicted octanol–water partition coefficient (Wildman–Crippen LogP) is 5.51. The van der Waals surface area contributed by atoms with Crippen molar-refractivity contribution in [1.82, 2.24) is 4.90 Å².